The van der Waals surface area contributed by atoms with Crippen LogP contribution in [0.5, 0.6) is 0 Å². The van der Waals surface area contributed by atoms with Crippen molar-refractivity contribution in [2.45, 2.75) is 31.2 Å². The molecule has 0 aliphatic rings. The molecule has 0 bridgehead atoms. The molecule has 0 saturated carbocycles. The third kappa shape index (κ3) is 3.90. The van der Waals surface area contributed by atoms with E-state index in [1.807, 2.05) is 13.2 Å². The molecule has 0 spiro atoms. The predicted octanol–water partition coefficient (Wildman–Crippen LogP) is 2.00. The number of nitrogens with one attached hydrogen (secondary N) is 1. The highest BCUT2D eigenvalue weighted by molar-refractivity contribution is 7.98. The van der Waals surface area contributed by atoms with Gasteiger partial charge in [0.05, 0.1) is 5.69 Å². The van der Waals surface area contributed by atoms with Crippen molar-refractivity contribution in [1.82, 2.24) is 4.72 Å². The summed E-state index contributed by atoms with van der Waals surface area (Å²) in [4.78, 5) is 0.195. The summed E-state index contributed by atoms with van der Waals surface area (Å²) in [7, 11) is -3.54. The van der Waals surface area contributed by atoms with Crippen molar-refractivity contribution in [3.05, 3.63) is 23.8 Å². The molecular weight excluding hydrogens is 268 g/mol. The van der Waals surface area contributed by atoms with Crippen molar-refractivity contribution in [2.24, 2.45) is 0 Å². The minimum atomic E-state index is -3.54. The van der Waals surface area contributed by atoms with Gasteiger partial charge in [-0.15, -0.1) is 0 Å². The summed E-state index contributed by atoms with van der Waals surface area (Å²) in [5.41, 5.74) is 6.72. The number of rotatable bonds is 6. The second-order valence-corrected chi connectivity index (χ2v) is 6.93. The van der Waals surface area contributed by atoms with E-state index in [1.165, 1.54) is 0 Å². The number of hydrogen-bond acceptors (Lipinski definition) is 4. The van der Waals surface area contributed by atoms with Gasteiger partial charge in [0.15, 0.2) is 0 Å². The van der Waals surface area contributed by atoms with E-state index >= 15 is 0 Å². The van der Waals surface area contributed by atoms with Gasteiger partial charge in [-0.1, -0.05) is 12.1 Å². The van der Waals surface area contributed by atoms with Crippen LogP contribution >= 0.6 is 11.8 Å². The van der Waals surface area contributed by atoms with Crippen molar-refractivity contribution in [3.8, 4) is 0 Å². The van der Waals surface area contributed by atoms with Gasteiger partial charge in [-0.25, -0.2) is 13.1 Å². The first-order valence-corrected chi connectivity index (χ1v) is 8.62. The maximum Gasteiger partial charge on any atom is 0.243 e. The fraction of sp³-hybridized carbons (Fsp3) is 0.500. The lowest BCUT2D eigenvalue weighted by Crippen LogP contribution is -2.33. The molecule has 1 aromatic rings. The van der Waals surface area contributed by atoms with Crippen LogP contribution in [0, 0.1) is 6.92 Å². The van der Waals surface area contributed by atoms with Crippen LogP contribution in [0.15, 0.2) is 23.1 Å². The Balaban J connectivity index is 2.93. The summed E-state index contributed by atoms with van der Waals surface area (Å²) in [6.45, 7) is 3.61. The lowest BCUT2D eigenvalue weighted by Gasteiger charge is -2.16. The molecule has 6 heteroatoms. The first kappa shape index (κ1) is 15.3. The zero-order chi connectivity index (χ0) is 13.8. The van der Waals surface area contributed by atoms with Crippen molar-refractivity contribution < 1.29 is 8.42 Å². The molecule has 4 nitrogen and oxygen atoms in total. The molecule has 0 aromatic heterocycles. The summed E-state index contributed by atoms with van der Waals surface area (Å²) in [6.07, 6.45) is 2.80. The number of sulfonamides is 1. The molecule has 1 rings (SSSR count). The SMILES string of the molecule is CSCCC(C)NS(=O)(=O)c1c(C)cccc1N. The fourth-order valence-electron chi connectivity index (χ4n) is 1.72. The summed E-state index contributed by atoms with van der Waals surface area (Å²) in [6, 6.07) is 5.01. The summed E-state index contributed by atoms with van der Waals surface area (Å²) >= 11 is 1.70. The minimum Gasteiger partial charge on any atom is -0.398 e. The van der Waals surface area contributed by atoms with E-state index in [-0.39, 0.29) is 10.9 Å². The van der Waals surface area contributed by atoms with Gasteiger partial charge in [0.1, 0.15) is 4.90 Å². The molecule has 3 N–H and O–H groups in total. The number of nitrogens with two attached hydrogens (primary N) is 1. The Morgan fingerprint density at radius 2 is 2.11 bits per heavy atom. The Hall–Kier alpha value is -0.720. The molecule has 0 heterocycles. The Morgan fingerprint density at radius 3 is 2.67 bits per heavy atom. The number of benzene rings is 1. The second kappa shape index (κ2) is 6.45. The van der Waals surface area contributed by atoms with E-state index < -0.39 is 10.0 Å². The van der Waals surface area contributed by atoms with Crippen molar-refractivity contribution >= 4 is 27.5 Å². The molecule has 1 unspecified atom stereocenters. The summed E-state index contributed by atoms with van der Waals surface area (Å²) < 4.78 is 27.2. The van der Waals surface area contributed by atoms with E-state index in [9.17, 15) is 8.42 Å². The Kier molecular flexibility index (Phi) is 5.49. The van der Waals surface area contributed by atoms with Crippen LogP contribution in [0.2, 0.25) is 0 Å². The molecule has 1 aromatic carbocycles. The number of hydrogen-bond donors (Lipinski definition) is 2. The molecule has 1 atom stereocenters. The van der Waals surface area contributed by atoms with Crippen LogP contribution in [0.4, 0.5) is 5.69 Å². The van der Waals surface area contributed by atoms with Crippen molar-refractivity contribution in [3.63, 3.8) is 0 Å². The lowest BCUT2D eigenvalue weighted by molar-refractivity contribution is 0.557. The van der Waals surface area contributed by atoms with Crippen LogP contribution in [-0.2, 0) is 10.0 Å². The van der Waals surface area contributed by atoms with Crippen LogP contribution in [0.3, 0.4) is 0 Å². The van der Waals surface area contributed by atoms with Gasteiger partial charge in [0, 0.05) is 6.04 Å². The second-order valence-electron chi connectivity index (χ2n) is 4.30. The quantitative estimate of drug-likeness (QED) is 0.785. The number of anilines is 1. The zero-order valence-electron chi connectivity index (χ0n) is 10.9. The third-order valence-corrected chi connectivity index (χ3v) is 5.07. The third-order valence-electron chi connectivity index (χ3n) is 2.62. The van der Waals surface area contributed by atoms with E-state index in [2.05, 4.69) is 4.72 Å². The van der Waals surface area contributed by atoms with Crippen LogP contribution in [-0.4, -0.2) is 26.5 Å². The molecule has 0 fully saturated rings. The van der Waals surface area contributed by atoms with Crippen LogP contribution in [0.25, 0.3) is 0 Å². The topological polar surface area (TPSA) is 72.2 Å². The number of thioether (sulfide) groups is 1. The zero-order valence-corrected chi connectivity index (χ0v) is 12.6. The Labute approximate surface area is 113 Å². The molecule has 0 aliphatic heterocycles. The highest BCUT2D eigenvalue weighted by Gasteiger charge is 2.21. The molecule has 18 heavy (non-hydrogen) atoms. The van der Waals surface area contributed by atoms with Gasteiger partial charge in [0.2, 0.25) is 10.0 Å². The molecule has 0 radical (unpaired) electrons. The maximum atomic E-state index is 12.2. The highest BCUT2D eigenvalue weighted by atomic mass is 32.2. The van der Waals surface area contributed by atoms with Gasteiger partial charge < -0.3 is 5.73 Å². The normalized spacial score (nSPS) is 13.5. The minimum absolute atomic E-state index is 0.0959. The highest BCUT2D eigenvalue weighted by Crippen LogP contribution is 2.22. The molecule has 0 amide bonds. The average molecular weight is 288 g/mol. The monoisotopic (exact) mass is 288 g/mol. The fourth-order valence-corrected chi connectivity index (χ4v) is 3.94. The number of aryl methyl sites for hydroxylation is 1. The summed E-state index contributed by atoms with van der Waals surface area (Å²) in [5, 5.41) is 0. The smallest absolute Gasteiger partial charge is 0.243 e. The Bertz CT molecular complexity index is 481. The van der Waals surface area contributed by atoms with Gasteiger partial charge in [-0.2, -0.15) is 11.8 Å². The first-order chi connectivity index (χ1) is 8.38. The number of nitrogen functional groups attached to an aromatic ring is 1. The Morgan fingerprint density at radius 1 is 1.44 bits per heavy atom. The van der Waals surface area contributed by atoms with E-state index in [0.29, 0.717) is 11.3 Å². The van der Waals surface area contributed by atoms with Gasteiger partial charge in [-0.05, 0) is 43.9 Å². The predicted molar refractivity (Wildman–Crippen MR) is 78.4 cm³/mol. The molecule has 102 valence electrons. The summed E-state index contributed by atoms with van der Waals surface area (Å²) in [5.74, 6) is 0.924. The van der Waals surface area contributed by atoms with Crippen LogP contribution in [0.1, 0.15) is 18.9 Å². The molecule has 0 saturated heterocycles. The first-order valence-electron chi connectivity index (χ1n) is 5.75. The molecular formula is C12H20N2O2S2. The average Bonchev–Trinajstić information content (AvgIpc) is 2.25. The van der Waals surface area contributed by atoms with Crippen molar-refractivity contribution in [1.29, 1.82) is 0 Å². The lowest BCUT2D eigenvalue weighted by atomic mass is 10.2. The van der Waals surface area contributed by atoms with Crippen LogP contribution < -0.4 is 10.5 Å². The van der Waals surface area contributed by atoms with Gasteiger partial charge >= 0.3 is 0 Å². The van der Waals surface area contributed by atoms with E-state index in [1.54, 1.807) is 36.9 Å². The van der Waals surface area contributed by atoms with Crippen molar-refractivity contribution in [2.75, 3.05) is 17.7 Å². The largest absolute Gasteiger partial charge is 0.398 e. The van der Waals surface area contributed by atoms with Gasteiger partial charge in [0.25, 0.3) is 0 Å². The standard InChI is InChI=1S/C12H20N2O2S2/c1-9-5-4-6-11(13)12(9)18(15,16)14-10(2)7-8-17-3/h4-6,10,14H,7-8,13H2,1-3H3. The van der Waals surface area contributed by atoms with E-state index in [0.717, 1.165) is 12.2 Å². The van der Waals surface area contributed by atoms with E-state index in [4.69, 9.17) is 5.73 Å². The maximum absolute atomic E-state index is 12.2. The molecule has 0 aliphatic carbocycles. The van der Waals surface area contributed by atoms with Gasteiger partial charge in [-0.3, -0.25) is 0 Å².